The summed E-state index contributed by atoms with van der Waals surface area (Å²) in [6.07, 6.45) is 3.72. The number of piperidine rings is 1. The quantitative estimate of drug-likeness (QED) is 0.837. The van der Waals surface area contributed by atoms with Crippen molar-refractivity contribution < 1.29 is 9.13 Å². The second-order valence-corrected chi connectivity index (χ2v) is 5.85. The summed E-state index contributed by atoms with van der Waals surface area (Å²) in [7, 11) is 2.14. The molecule has 1 heterocycles. The number of rotatable bonds is 7. The summed E-state index contributed by atoms with van der Waals surface area (Å²) in [5, 5.41) is 3.25. The zero-order valence-corrected chi connectivity index (χ0v) is 13.2. The molecule has 1 aromatic carbocycles. The van der Waals surface area contributed by atoms with Gasteiger partial charge in [-0.2, -0.15) is 0 Å². The van der Waals surface area contributed by atoms with Crippen LogP contribution in [0, 0.1) is 5.82 Å². The Morgan fingerprint density at radius 2 is 2.24 bits per heavy atom. The fraction of sp³-hybridized carbons (Fsp3) is 0.647. The number of hydrogen-bond donors (Lipinski definition) is 1. The normalized spacial score (nSPS) is 19.9. The maximum absolute atomic E-state index is 13.8. The third-order valence-corrected chi connectivity index (χ3v) is 4.18. The Balaban J connectivity index is 1.84. The summed E-state index contributed by atoms with van der Waals surface area (Å²) in [6.45, 7) is 5.94. The third kappa shape index (κ3) is 5.06. The van der Waals surface area contributed by atoms with Crippen LogP contribution in [0.5, 0.6) is 0 Å². The molecular formula is C17H27FN2O. The van der Waals surface area contributed by atoms with Gasteiger partial charge in [-0.1, -0.05) is 19.4 Å². The summed E-state index contributed by atoms with van der Waals surface area (Å²) in [4.78, 5) is 2.35. The number of benzene rings is 1. The van der Waals surface area contributed by atoms with Gasteiger partial charge in [0.1, 0.15) is 5.82 Å². The lowest BCUT2D eigenvalue weighted by Crippen LogP contribution is -2.39. The molecule has 1 fully saturated rings. The van der Waals surface area contributed by atoms with Gasteiger partial charge in [0.2, 0.25) is 0 Å². The van der Waals surface area contributed by atoms with Crippen molar-refractivity contribution in [2.45, 2.75) is 45.4 Å². The van der Waals surface area contributed by atoms with Crippen molar-refractivity contribution in [2.24, 2.45) is 0 Å². The van der Waals surface area contributed by atoms with Crippen LogP contribution in [0.15, 0.2) is 18.2 Å². The number of ether oxygens (including phenoxy) is 1. The summed E-state index contributed by atoms with van der Waals surface area (Å²) in [5.41, 5.74) is 1.76. The number of likely N-dealkylation sites (tertiary alicyclic amines) is 1. The van der Waals surface area contributed by atoms with E-state index in [9.17, 15) is 4.39 Å². The van der Waals surface area contributed by atoms with Crippen molar-refractivity contribution in [3.05, 3.63) is 35.1 Å². The molecule has 118 valence electrons. The Morgan fingerprint density at radius 3 is 3.00 bits per heavy atom. The van der Waals surface area contributed by atoms with Crippen LogP contribution in [0.4, 0.5) is 4.39 Å². The predicted molar refractivity (Wildman–Crippen MR) is 83.7 cm³/mol. The molecular weight excluding hydrogens is 267 g/mol. The Labute approximate surface area is 127 Å². The first-order valence-corrected chi connectivity index (χ1v) is 7.96. The summed E-state index contributed by atoms with van der Waals surface area (Å²) in [5.74, 6) is -0.174. The number of halogens is 1. The average Bonchev–Trinajstić information content (AvgIpc) is 2.49. The topological polar surface area (TPSA) is 24.5 Å². The Hall–Kier alpha value is -0.970. The molecule has 0 aliphatic carbocycles. The number of hydrogen-bond acceptors (Lipinski definition) is 3. The molecule has 0 saturated carbocycles. The second-order valence-electron chi connectivity index (χ2n) is 5.85. The van der Waals surface area contributed by atoms with E-state index in [1.807, 2.05) is 12.1 Å². The lowest BCUT2D eigenvalue weighted by atomic mass is 10.0. The van der Waals surface area contributed by atoms with Crippen LogP contribution < -0.4 is 5.32 Å². The van der Waals surface area contributed by atoms with E-state index < -0.39 is 0 Å². The van der Waals surface area contributed by atoms with E-state index in [2.05, 4.69) is 24.2 Å². The Morgan fingerprint density at radius 1 is 1.38 bits per heavy atom. The fourth-order valence-corrected chi connectivity index (χ4v) is 2.78. The van der Waals surface area contributed by atoms with Crippen LogP contribution in [0.2, 0.25) is 0 Å². The highest BCUT2D eigenvalue weighted by molar-refractivity contribution is 5.24. The molecule has 21 heavy (non-hydrogen) atoms. The van der Waals surface area contributed by atoms with Gasteiger partial charge in [0.05, 0.1) is 13.2 Å². The highest BCUT2D eigenvalue weighted by Crippen LogP contribution is 2.17. The lowest BCUT2D eigenvalue weighted by molar-refractivity contribution is 0.0433. The van der Waals surface area contributed by atoms with E-state index in [4.69, 9.17) is 4.74 Å². The molecule has 0 radical (unpaired) electrons. The minimum absolute atomic E-state index is 0.174. The molecule has 1 aromatic rings. The predicted octanol–water partition coefficient (Wildman–Crippen LogP) is 2.94. The van der Waals surface area contributed by atoms with Crippen LogP contribution in [0.25, 0.3) is 0 Å². The minimum Gasteiger partial charge on any atom is -0.375 e. The molecule has 4 heteroatoms. The zero-order chi connectivity index (χ0) is 15.1. The van der Waals surface area contributed by atoms with E-state index in [0.29, 0.717) is 24.8 Å². The van der Waals surface area contributed by atoms with Crippen LogP contribution >= 0.6 is 0 Å². The maximum atomic E-state index is 13.8. The molecule has 1 atom stereocenters. The second kappa shape index (κ2) is 8.47. The van der Waals surface area contributed by atoms with E-state index in [1.54, 1.807) is 0 Å². The molecule has 2 rings (SSSR count). The smallest absolute Gasteiger partial charge is 0.128 e. The highest BCUT2D eigenvalue weighted by Gasteiger charge is 2.18. The molecule has 0 amide bonds. The number of nitrogens with one attached hydrogen (secondary N) is 1. The first kappa shape index (κ1) is 16.4. The van der Waals surface area contributed by atoms with Gasteiger partial charge in [-0.3, -0.25) is 0 Å². The Bertz CT molecular complexity index is 439. The minimum atomic E-state index is -0.174. The standard InChI is InChI=1S/C17H27FN2O/c1-3-19-11-14-7-8-17(18)15(10-14)12-21-13-16-6-4-5-9-20(16)2/h7-8,10,16,19H,3-6,9,11-13H2,1-2H3. The van der Waals surface area contributed by atoms with Gasteiger partial charge in [0, 0.05) is 18.2 Å². The van der Waals surface area contributed by atoms with Crippen molar-refractivity contribution >= 4 is 0 Å². The first-order valence-electron chi connectivity index (χ1n) is 7.96. The van der Waals surface area contributed by atoms with Crippen molar-refractivity contribution in [1.29, 1.82) is 0 Å². The van der Waals surface area contributed by atoms with E-state index >= 15 is 0 Å². The van der Waals surface area contributed by atoms with Crippen molar-refractivity contribution in [2.75, 3.05) is 26.7 Å². The SMILES string of the molecule is CCNCc1ccc(F)c(COCC2CCCCN2C)c1. The molecule has 3 nitrogen and oxygen atoms in total. The molecule has 1 unspecified atom stereocenters. The van der Waals surface area contributed by atoms with E-state index in [0.717, 1.165) is 25.2 Å². The van der Waals surface area contributed by atoms with Crippen LogP contribution in [-0.4, -0.2) is 37.7 Å². The van der Waals surface area contributed by atoms with Gasteiger partial charge in [-0.15, -0.1) is 0 Å². The molecule has 1 saturated heterocycles. The molecule has 0 spiro atoms. The van der Waals surface area contributed by atoms with Crippen LogP contribution in [0.1, 0.15) is 37.3 Å². The number of likely N-dealkylation sites (N-methyl/N-ethyl adjacent to an activating group) is 1. The van der Waals surface area contributed by atoms with Crippen LogP contribution in [-0.2, 0) is 17.9 Å². The molecule has 1 N–H and O–H groups in total. The first-order chi connectivity index (χ1) is 10.2. The Kier molecular flexibility index (Phi) is 6.61. The van der Waals surface area contributed by atoms with Gasteiger partial charge in [0.25, 0.3) is 0 Å². The summed E-state index contributed by atoms with van der Waals surface area (Å²) < 4.78 is 19.6. The zero-order valence-electron chi connectivity index (χ0n) is 13.2. The van der Waals surface area contributed by atoms with Crippen LogP contribution in [0.3, 0.4) is 0 Å². The monoisotopic (exact) mass is 294 g/mol. The van der Waals surface area contributed by atoms with Gasteiger partial charge < -0.3 is 15.0 Å². The van der Waals surface area contributed by atoms with Gasteiger partial charge in [0.15, 0.2) is 0 Å². The van der Waals surface area contributed by atoms with Crippen molar-refractivity contribution in [3.63, 3.8) is 0 Å². The maximum Gasteiger partial charge on any atom is 0.128 e. The van der Waals surface area contributed by atoms with Crippen molar-refractivity contribution in [3.8, 4) is 0 Å². The third-order valence-electron chi connectivity index (χ3n) is 4.18. The lowest BCUT2D eigenvalue weighted by Gasteiger charge is -2.32. The number of nitrogens with zero attached hydrogens (tertiary/aromatic N) is 1. The van der Waals surface area contributed by atoms with Crippen molar-refractivity contribution in [1.82, 2.24) is 10.2 Å². The molecule has 0 aromatic heterocycles. The van der Waals surface area contributed by atoms with E-state index in [-0.39, 0.29) is 5.82 Å². The van der Waals surface area contributed by atoms with Gasteiger partial charge >= 0.3 is 0 Å². The highest BCUT2D eigenvalue weighted by atomic mass is 19.1. The summed E-state index contributed by atoms with van der Waals surface area (Å²) in [6, 6.07) is 5.75. The fourth-order valence-electron chi connectivity index (χ4n) is 2.78. The molecule has 1 aliphatic rings. The van der Waals surface area contributed by atoms with E-state index in [1.165, 1.54) is 25.3 Å². The average molecular weight is 294 g/mol. The van der Waals surface area contributed by atoms with Gasteiger partial charge in [-0.25, -0.2) is 4.39 Å². The summed E-state index contributed by atoms with van der Waals surface area (Å²) >= 11 is 0. The molecule has 1 aliphatic heterocycles. The molecule has 0 bridgehead atoms. The largest absolute Gasteiger partial charge is 0.375 e. The van der Waals surface area contributed by atoms with Gasteiger partial charge in [-0.05, 0) is 50.7 Å².